The van der Waals surface area contributed by atoms with Crippen LogP contribution in [0.25, 0.3) is 0 Å². The SMILES string of the molecule is O=C(NC1CCCCC1)C(Cl)c1cc(Br)c(Br)s1. The van der Waals surface area contributed by atoms with Crippen LogP contribution in [-0.4, -0.2) is 11.9 Å². The second-order valence-electron chi connectivity index (χ2n) is 4.48. The lowest BCUT2D eigenvalue weighted by atomic mass is 9.95. The van der Waals surface area contributed by atoms with Gasteiger partial charge in [0.1, 0.15) is 5.38 Å². The number of hydrogen-bond acceptors (Lipinski definition) is 2. The second kappa shape index (κ2) is 6.73. The molecule has 1 fully saturated rings. The molecule has 0 aliphatic heterocycles. The van der Waals surface area contributed by atoms with Crippen LogP contribution in [0.15, 0.2) is 14.3 Å². The Balaban J connectivity index is 1.95. The molecule has 1 heterocycles. The molecule has 100 valence electrons. The maximum Gasteiger partial charge on any atom is 0.243 e. The minimum atomic E-state index is -0.598. The molecule has 0 aromatic carbocycles. The van der Waals surface area contributed by atoms with E-state index in [1.807, 2.05) is 6.07 Å². The minimum Gasteiger partial charge on any atom is -0.352 e. The van der Waals surface area contributed by atoms with E-state index in [0.29, 0.717) is 6.04 Å². The number of halogens is 3. The highest BCUT2D eigenvalue weighted by Crippen LogP contribution is 2.37. The Bertz CT molecular complexity index is 412. The summed E-state index contributed by atoms with van der Waals surface area (Å²) in [6.45, 7) is 0. The molecule has 1 unspecified atom stereocenters. The normalized spacial score (nSPS) is 18.6. The molecule has 0 saturated heterocycles. The number of nitrogens with one attached hydrogen (secondary N) is 1. The van der Waals surface area contributed by atoms with E-state index in [1.165, 1.54) is 30.6 Å². The molecular formula is C12H14Br2ClNOS. The van der Waals surface area contributed by atoms with E-state index < -0.39 is 5.38 Å². The van der Waals surface area contributed by atoms with Crippen LogP contribution >= 0.6 is 54.8 Å². The summed E-state index contributed by atoms with van der Waals surface area (Å²) in [5.74, 6) is -0.0789. The van der Waals surface area contributed by atoms with Gasteiger partial charge in [-0.15, -0.1) is 22.9 Å². The van der Waals surface area contributed by atoms with Crippen molar-refractivity contribution in [3.8, 4) is 0 Å². The van der Waals surface area contributed by atoms with Crippen LogP contribution in [0.5, 0.6) is 0 Å². The molecular weight excluding hydrogens is 401 g/mol. The van der Waals surface area contributed by atoms with Crippen LogP contribution in [0.2, 0.25) is 0 Å². The number of alkyl halides is 1. The van der Waals surface area contributed by atoms with Gasteiger partial charge in [0.05, 0.1) is 3.79 Å². The Hall–Kier alpha value is 0.420. The lowest BCUT2D eigenvalue weighted by molar-refractivity contribution is -0.121. The van der Waals surface area contributed by atoms with Gasteiger partial charge in [-0.1, -0.05) is 19.3 Å². The fourth-order valence-electron chi connectivity index (χ4n) is 2.14. The molecule has 1 aromatic heterocycles. The molecule has 1 N–H and O–H groups in total. The molecule has 2 rings (SSSR count). The number of carbonyl (C=O) groups is 1. The minimum absolute atomic E-state index is 0.0789. The number of thiophene rings is 1. The standard InChI is InChI=1S/C12H14Br2ClNOS/c13-8-6-9(18-11(8)14)10(15)12(17)16-7-4-2-1-3-5-7/h6-7,10H,1-5H2,(H,16,17). The third-order valence-corrected chi connectivity index (χ3v) is 6.98. The molecule has 0 bridgehead atoms. The van der Waals surface area contributed by atoms with Crippen molar-refractivity contribution in [2.24, 2.45) is 0 Å². The monoisotopic (exact) mass is 413 g/mol. The van der Waals surface area contributed by atoms with Crippen molar-refractivity contribution in [1.82, 2.24) is 5.32 Å². The number of carbonyl (C=O) groups excluding carboxylic acids is 1. The van der Waals surface area contributed by atoms with Crippen LogP contribution in [0.4, 0.5) is 0 Å². The highest BCUT2D eigenvalue weighted by molar-refractivity contribution is 9.13. The summed E-state index contributed by atoms with van der Waals surface area (Å²) in [5, 5.41) is 2.45. The number of amides is 1. The Kier molecular flexibility index (Phi) is 5.54. The maximum atomic E-state index is 12.1. The largest absolute Gasteiger partial charge is 0.352 e. The topological polar surface area (TPSA) is 29.1 Å². The summed E-state index contributed by atoms with van der Waals surface area (Å²) in [7, 11) is 0. The van der Waals surface area contributed by atoms with Crippen molar-refractivity contribution >= 4 is 60.7 Å². The highest BCUT2D eigenvalue weighted by atomic mass is 79.9. The zero-order chi connectivity index (χ0) is 13.1. The lowest BCUT2D eigenvalue weighted by Crippen LogP contribution is -2.37. The second-order valence-corrected chi connectivity index (χ2v) is 8.17. The van der Waals surface area contributed by atoms with E-state index in [4.69, 9.17) is 11.6 Å². The first kappa shape index (κ1) is 14.8. The molecule has 2 nitrogen and oxygen atoms in total. The van der Waals surface area contributed by atoms with Crippen LogP contribution < -0.4 is 5.32 Å². The van der Waals surface area contributed by atoms with Crippen molar-refractivity contribution in [1.29, 1.82) is 0 Å². The Morgan fingerprint density at radius 3 is 2.61 bits per heavy atom. The third-order valence-electron chi connectivity index (χ3n) is 3.10. The first-order valence-electron chi connectivity index (χ1n) is 5.97. The van der Waals surface area contributed by atoms with E-state index in [-0.39, 0.29) is 5.91 Å². The average molecular weight is 416 g/mol. The van der Waals surface area contributed by atoms with Crippen molar-refractivity contribution in [2.75, 3.05) is 0 Å². The number of hydrogen-bond donors (Lipinski definition) is 1. The summed E-state index contributed by atoms with van der Waals surface area (Å²) in [6, 6.07) is 2.20. The van der Waals surface area contributed by atoms with Gasteiger partial charge in [0.15, 0.2) is 0 Å². The first-order chi connectivity index (χ1) is 8.58. The van der Waals surface area contributed by atoms with Gasteiger partial charge < -0.3 is 5.32 Å². The summed E-state index contributed by atoms with van der Waals surface area (Å²) < 4.78 is 1.91. The Labute approximate surface area is 133 Å². The molecule has 0 spiro atoms. The van der Waals surface area contributed by atoms with Crippen molar-refractivity contribution in [2.45, 2.75) is 43.5 Å². The van der Waals surface area contributed by atoms with Gasteiger partial charge >= 0.3 is 0 Å². The van der Waals surface area contributed by atoms with Gasteiger partial charge in [0, 0.05) is 15.4 Å². The Morgan fingerprint density at radius 2 is 2.06 bits per heavy atom. The van der Waals surface area contributed by atoms with Gasteiger partial charge in [-0.3, -0.25) is 4.79 Å². The van der Waals surface area contributed by atoms with Gasteiger partial charge in [-0.25, -0.2) is 0 Å². The summed E-state index contributed by atoms with van der Waals surface area (Å²) >= 11 is 14.5. The van der Waals surface area contributed by atoms with Gasteiger partial charge in [0.2, 0.25) is 5.91 Å². The van der Waals surface area contributed by atoms with Gasteiger partial charge in [-0.2, -0.15) is 0 Å². The highest BCUT2D eigenvalue weighted by Gasteiger charge is 2.24. The summed E-state index contributed by atoms with van der Waals surface area (Å²) in [5.41, 5.74) is 0. The van der Waals surface area contributed by atoms with E-state index >= 15 is 0 Å². The predicted molar refractivity (Wildman–Crippen MR) is 83.3 cm³/mol. The van der Waals surface area contributed by atoms with E-state index in [9.17, 15) is 4.79 Å². The average Bonchev–Trinajstić information content (AvgIpc) is 2.70. The zero-order valence-corrected chi connectivity index (χ0v) is 14.5. The first-order valence-corrected chi connectivity index (χ1v) is 8.81. The fourth-order valence-corrected chi connectivity index (χ4v) is 4.47. The van der Waals surface area contributed by atoms with E-state index in [0.717, 1.165) is 26.0 Å². The van der Waals surface area contributed by atoms with Gasteiger partial charge in [-0.05, 0) is 50.8 Å². The maximum absolute atomic E-state index is 12.1. The van der Waals surface area contributed by atoms with Crippen LogP contribution in [0.3, 0.4) is 0 Å². The van der Waals surface area contributed by atoms with Crippen molar-refractivity contribution in [3.05, 3.63) is 19.2 Å². The molecule has 1 amide bonds. The predicted octanol–water partition coefficient (Wildman–Crippen LogP) is 5.00. The number of rotatable bonds is 3. The Morgan fingerprint density at radius 1 is 1.39 bits per heavy atom. The van der Waals surface area contributed by atoms with Crippen LogP contribution in [-0.2, 0) is 4.79 Å². The van der Waals surface area contributed by atoms with Crippen LogP contribution in [0, 0.1) is 0 Å². The molecule has 1 aromatic rings. The van der Waals surface area contributed by atoms with Crippen LogP contribution in [0.1, 0.15) is 42.4 Å². The molecule has 18 heavy (non-hydrogen) atoms. The van der Waals surface area contributed by atoms with E-state index in [2.05, 4.69) is 37.2 Å². The molecule has 1 aliphatic rings. The zero-order valence-electron chi connectivity index (χ0n) is 9.72. The molecule has 6 heteroatoms. The molecule has 1 atom stereocenters. The lowest BCUT2D eigenvalue weighted by Gasteiger charge is -2.23. The van der Waals surface area contributed by atoms with Crippen molar-refractivity contribution in [3.63, 3.8) is 0 Å². The summed E-state index contributed by atoms with van der Waals surface area (Å²) in [6.07, 6.45) is 5.84. The van der Waals surface area contributed by atoms with Crippen molar-refractivity contribution < 1.29 is 4.79 Å². The molecule has 1 saturated carbocycles. The fraction of sp³-hybridized carbons (Fsp3) is 0.583. The molecule has 1 aliphatic carbocycles. The third kappa shape index (κ3) is 3.71. The molecule has 0 radical (unpaired) electrons. The smallest absolute Gasteiger partial charge is 0.243 e. The van der Waals surface area contributed by atoms with Gasteiger partial charge in [0.25, 0.3) is 0 Å². The quantitative estimate of drug-likeness (QED) is 0.692. The van der Waals surface area contributed by atoms with E-state index in [1.54, 1.807) is 0 Å². The summed E-state index contributed by atoms with van der Waals surface area (Å²) in [4.78, 5) is 12.9.